The van der Waals surface area contributed by atoms with E-state index in [1.54, 1.807) is 7.11 Å². The molecule has 1 unspecified atom stereocenters. The Hall–Kier alpha value is -0.730. The van der Waals surface area contributed by atoms with Crippen molar-refractivity contribution in [1.82, 2.24) is 5.32 Å². The molecule has 1 atom stereocenters. The summed E-state index contributed by atoms with van der Waals surface area (Å²) in [7, 11) is 1.69. The van der Waals surface area contributed by atoms with Crippen molar-refractivity contribution in [2.75, 3.05) is 20.2 Å². The van der Waals surface area contributed by atoms with Crippen LogP contribution in [0.25, 0.3) is 0 Å². The molecule has 0 radical (unpaired) electrons. The molecule has 0 aliphatic heterocycles. The maximum Gasteiger partial charge on any atom is 0.118 e. The normalized spacial score (nSPS) is 16.8. The largest absolute Gasteiger partial charge is 0.497 e. The van der Waals surface area contributed by atoms with E-state index in [0.717, 1.165) is 31.2 Å². The quantitative estimate of drug-likeness (QED) is 0.596. The van der Waals surface area contributed by atoms with Crippen LogP contribution in [0.1, 0.15) is 18.4 Å². The standard InChI is InChI=1S/C14H20ClNO/c1-17-13-6-2-11(3-7-13)8-9-16-10-14(15)12-4-5-12/h2-3,6-7,12,14,16H,4-5,8-10H2,1H3. The van der Waals surface area contributed by atoms with Gasteiger partial charge in [0.15, 0.2) is 0 Å². The Morgan fingerprint density at radius 1 is 1.35 bits per heavy atom. The first kappa shape index (κ1) is 12.7. The molecule has 1 aliphatic carbocycles. The second kappa shape index (κ2) is 6.27. The van der Waals surface area contributed by atoms with Crippen LogP contribution in [-0.2, 0) is 6.42 Å². The molecular formula is C14H20ClNO. The predicted molar refractivity (Wildman–Crippen MR) is 71.9 cm³/mol. The number of hydrogen-bond donors (Lipinski definition) is 1. The minimum absolute atomic E-state index is 0.325. The highest BCUT2D eigenvalue weighted by molar-refractivity contribution is 6.21. The zero-order chi connectivity index (χ0) is 12.1. The van der Waals surface area contributed by atoms with E-state index in [2.05, 4.69) is 17.4 Å². The molecule has 1 saturated carbocycles. The van der Waals surface area contributed by atoms with Gasteiger partial charge in [-0.05, 0) is 49.4 Å². The molecule has 0 amide bonds. The Morgan fingerprint density at radius 3 is 2.65 bits per heavy atom. The molecule has 1 aliphatic rings. The van der Waals surface area contributed by atoms with Crippen molar-refractivity contribution in [1.29, 1.82) is 0 Å². The molecule has 17 heavy (non-hydrogen) atoms. The fraction of sp³-hybridized carbons (Fsp3) is 0.571. The van der Waals surface area contributed by atoms with Crippen molar-refractivity contribution in [2.45, 2.75) is 24.6 Å². The molecule has 0 bridgehead atoms. The average Bonchev–Trinajstić information content (AvgIpc) is 3.19. The number of alkyl halides is 1. The van der Waals surface area contributed by atoms with Gasteiger partial charge in [0.25, 0.3) is 0 Å². The third-order valence-corrected chi connectivity index (χ3v) is 3.73. The van der Waals surface area contributed by atoms with Gasteiger partial charge in [-0.15, -0.1) is 11.6 Å². The maximum atomic E-state index is 6.22. The summed E-state index contributed by atoms with van der Waals surface area (Å²) in [4.78, 5) is 0. The number of rotatable bonds is 7. The van der Waals surface area contributed by atoms with Crippen molar-refractivity contribution < 1.29 is 4.74 Å². The molecule has 1 aromatic rings. The first-order valence-electron chi connectivity index (χ1n) is 6.27. The monoisotopic (exact) mass is 253 g/mol. The number of benzene rings is 1. The molecule has 1 fully saturated rings. The summed E-state index contributed by atoms with van der Waals surface area (Å²) in [6.45, 7) is 1.92. The van der Waals surface area contributed by atoms with Crippen molar-refractivity contribution in [2.24, 2.45) is 5.92 Å². The van der Waals surface area contributed by atoms with E-state index < -0.39 is 0 Å². The lowest BCUT2D eigenvalue weighted by Crippen LogP contribution is -2.26. The van der Waals surface area contributed by atoms with Crippen molar-refractivity contribution in [3.8, 4) is 5.75 Å². The predicted octanol–water partition coefficient (Wildman–Crippen LogP) is 2.84. The van der Waals surface area contributed by atoms with Gasteiger partial charge in [0.05, 0.1) is 7.11 Å². The molecule has 1 N–H and O–H groups in total. The second-order valence-electron chi connectivity index (χ2n) is 4.66. The van der Waals surface area contributed by atoms with Crippen LogP contribution < -0.4 is 10.1 Å². The van der Waals surface area contributed by atoms with Crippen LogP contribution in [0.15, 0.2) is 24.3 Å². The first-order valence-corrected chi connectivity index (χ1v) is 6.71. The van der Waals surface area contributed by atoms with Gasteiger partial charge < -0.3 is 10.1 Å². The van der Waals surface area contributed by atoms with E-state index in [4.69, 9.17) is 16.3 Å². The van der Waals surface area contributed by atoms with Gasteiger partial charge in [-0.3, -0.25) is 0 Å². The molecule has 0 spiro atoms. The average molecular weight is 254 g/mol. The van der Waals surface area contributed by atoms with Crippen LogP contribution in [0.4, 0.5) is 0 Å². The first-order chi connectivity index (χ1) is 8.29. The van der Waals surface area contributed by atoms with E-state index >= 15 is 0 Å². The molecule has 3 heteroatoms. The number of ether oxygens (including phenoxy) is 1. The Balaban J connectivity index is 1.63. The Labute approximate surface area is 108 Å². The second-order valence-corrected chi connectivity index (χ2v) is 5.22. The fourth-order valence-corrected chi connectivity index (χ4v) is 2.25. The molecule has 0 aromatic heterocycles. The lowest BCUT2D eigenvalue weighted by Gasteiger charge is -2.09. The zero-order valence-corrected chi connectivity index (χ0v) is 11.0. The van der Waals surface area contributed by atoms with Crippen LogP contribution in [0.3, 0.4) is 0 Å². The summed E-state index contributed by atoms with van der Waals surface area (Å²) in [5, 5.41) is 3.75. The van der Waals surface area contributed by atoms with Crippen molar-refractivity contribution in [3.05, 3.63) is 29.8 Å². The molecule has 2 rings (SSSR count). The zero-order valence-electron chi connectivity index (χ0n) is 10.3. The summed E-state index contributed by atoms with van der Waals surface area (Å²) in [5.41, 5.74) is 1.33. The highest BCUT2D eigenvalue weighted by atomic mass is 35.5. The molecule has 94 valence electrons. The number of methoxy groups -OCH3 is 1. The van der Waals surface area contributed by atoms with E-state index in [1.165, 1.54) is 18.4 Å². The lowest BCUT2D eigenvalue weighted by atomic mass is 10.1. The minimum Gasteiger partial charge on any atom is -0.497 e. The van der Waals surface area contributed by atoms with E-state index in [9.17, 15) is 0 Å². The minimum atomic E-state index is 0.325. The van der Waals surface area contributed by atoms with Gasteiger partial charge >= 0.3 is 0 Å². The SMILES string of the molecule is COc1ccc(CCNCC(Cl)C2CC2)cc1. The fourth-order valence-electron chi connectivity index (χ4n) is 1.89. The van der Waals surface area contributed by atoms with Gasteiger partial charge in [-0.25, -0.2) is 0 Å². The summed E-state index contributed by atoms with van der Waals surface area (Å²) < 4.78 is 5.13. The molecule has 0 saturated heterocycles. The number of nitrogens with one attached hydrogen (secondary N) is 1. The van der Waals surface area contributed by atoms with Gasteiger partial charge in [-0.1, -0.05) is 12.1 Å². The van der Waals surface area contributed by atoms with Gasteiger partial charge in [0.2, 0.25) is 0 Å². The lowest BCUT2D eigenvalue weighted by molar-refractivity contribution is 0.414. The van der Waals surface area contributed by atoms with E-state index in [1.807, 2.05) is 12.1 Å². The molecule has 2 nitrogen and oxygen atoms in total. The van der Waals surface area contributed by atoms with Crippen LogP contribution >= 0.6 is 11.6 Å². The van der Waals surface area contributed by atoms with Crippen molar-refractivity contribution >= 4 is 11.6 Å². The summed E-state index contributed by atoms with van der Waals surface area (Å²) in [6.07, 6.45) is 3.67. The summed E-state index contributed by atoms with van der Waals surface area (Å²) in [6, 6.07) is 8.23. The number of halogens is 1. The summed E-state index contributed by atoms with van der Waals surface area (Å²) >= 11 is 6.22. The van der Waals surface area contributed by atoms with Gasteiger partial charge in [-0.2, -0.15) is 0 Å². The van der Waals surface area contributed by atoms with E-state index in [-0.39, 0.29) is 0 Å². The Morgan fingerprint density at radius 2 is 2.06 bits per heavy atom. The molecule has 1 aromatic carbocycles. The van der Waals surface area contributed by atoms with Crippen molar-refractivity contribution in [3.63, 3.8) is 0 Å². The van der Waals surface area contributed by atoms with Crippen LogP contribution in [-0.4, -0.2) is 25.6 Å². The Kier molecular flexibility index (Phi) is 4.69. The van der Waals surface area contributed by atoms with Crippen LogP contribution in [0.5, 0.6) is 5.75 Å². The summed E-state index contributed by atoms with van der Waals surface area (Å²) in [5.74, 6) is 1.68. The van der Waals surface area contributed by atoms with E-state index in [0.29, 0.717) is 5.38 Å². The highest BCUT2D eigenvalue weighted by Gasteiger charge is 2.28. The molecule has 0 heterocycles. The van der Waals surface area contributed by atoms with Gasteiger partial charge in [0, 0.05) is 11.9 Å². The van der Waals surface area contributed by atoms with Crippen LogP contribution in [0.2, 0.25) is 0 Å². The highest BCUT2D eigenvalue weighted by Crippen LogP contribution is 2.35. The Bertz CT molecular complexity index is 335. The van der Waals surface area contributed by atoms with Crippen LogP contribution in [0, 0.1) is 5.92 Å². The maximum absolute atomic E-state index is 6.22. The third-order valence-electron chi connectivity index (χ3n) is 3.22. The topological polar surface area (TPSA) is 21.3 Å². The smallest absolute Gasteiger partial charge is 0.118 e. The third kappa shape index (κ3) is 4.21. The number of hydrogen-bond acceptors (Lipinski definition) is 2. The van der Waals surface area contributed by atoms with Gasteiger partial charge in [0.1, 0.15) is 5.75 Å². The molecular weight excluding hydrogens is 234 g/mol.